The number of nitrogens with two attached hydrogens (primary N) is 1. The zero-order valence-electron chi connectivity index (χ0n) is 21.1. The molecule has 0 radical (unpaired) electrons. The minimum absolute atomic E-state index is 0.0109. The van der Waals surface area contributed by atoms with Gasteiger partial charge in [0, 0.05) is 57.6 Å². The molecule has 5 rings (SSSR count). The molecule has 0 bridgehead atoms. The van der Waals surface area contributed by atoms with Gasteiger partial charge in [-0.05, 0) is 6.92 Å². The number of hydrogen-bond donors (Lipinski definition) is 1. The molecule has 5 heterocycles. The van der Waals surface area contributed by atoms with Gasteiger partial charge in [0.15, 0.2) is 22.8 Å². The lowest BCUT2D eigenvalue weighted by atomic mass is 10.2. The lowest BCUT2D eigenvalue weighted by Gasteiger charge is -2.40. The molecular weight excluding hydrogens is 505 g/mol. The van der Waals surface area contributed by atoms with Crippen molar-refractivity contribution >= 4 is 34.8 Å². The van der Waals surface area contributed by atoms with Crippen LogP contribution >= 0.6 is 0 Å². The smallest absolute Gasteiger partial charge is 0.378 e. The number of anilines is 3. The summed E-state index contributed by atoms with van der Waals surface area (Å²) in [7, 11) is 0. The predicted molar refractivity (Wildman–Crippen MR) is 134 cm³/mol. The maximum Gasteiger partial charge on any atom is 0.406 e. The number of morpholine rings is 1. The van der Waals surface area contributed by atoms with Crippen LogP contribution in [0.5, 0.6) is 0 Å². The number of hydrogen-bond acceptors (Lipinski definition) is 10. The molecule has 15 heteroatoms. The number of halogens is 3. The van der Waals surface area contributed by atoms with Gasteiger partial charge in [-0.2, -0.15) is 13.2 Å². The molecule has 1 amide bonds. The second kappa shape index (κ2) is 10.2. The third-order valence-electron chi connectivity index (χ3n) is 6.67. The van der Waals surface area contributed by atoms with Gasteiger partial charge in [-0.25, -0.2) is 24.9 Å². The van der Waals surface area contributed by atoms with Crippen molar-refractivity contribution in [1.29, 1.82) is 0 Å². The summed E-state index contributed by atoms with van der Waals surface area (Å²) >= 11 is 0. The van der Waals surface area contributed by atoms with Crippen LogP contribution in [0.25, 0.3) is 22.6 Å². The maximum atomic E-state index is 13.9. The summed E-state index contributed by atoms with van der Waals surface area (Å²) in [6, 6.07) is -0.192. The summed E-state index contributed by atoms with van der Waals surface area (Å²) in [5.41, 5.74) is 6.36. The molecule has 0 aromatic carbocycles. The van der Waals surface area contributed by atoms with E-state index in [1.54, 1.807) is 16.7 Å². The monoisotopic (exact) mass is 534 g/mol. The Morgan fingerprint density at radius 3 is 2.42 bits per heavy atom. The SMILES string of the molecule is CCC(=O)N1CCN(c2nc3c(N4CCOCC4)nc(-c4cnc(N)nc4)nc3n2CC(F)(F)F)CC1C. The predicted octanol–water partition coefficient (Wildman–Crippen LogP) is 1.71. The minimum Gasteiger partial charge on any atom is -0.378 e. The Balaban J connectivity index is 1.66. The highest BCUT2D eigenvalue weighted by Crippen LogP contribution is 2.34. The van der Waals surface area contributed by atoms with Gasteiger partial charge in [0.25, 0.3) is 0 Å². The van der Waals surface area contributed by atoms with Crippen molar-refractivity contribution in [2.45, 2.75) is 39.0 Å². The Morgan fingerprint density at radius 1 is 1.08 bits per heavy atom. The average Bonchev–Trinajstić information content (AvgIpc) is 3.25. The van der Waals surface area contributed by atoms with Crippen molar-refractivity contribution in [1.82, 2.24) is 34.4 Å². The quantitative estimate of drug-likeness (QED) is 0.516. The van der Waals surface area contributed by atoms with Crippen LogP contribution in [0.15, 0.2) is 12.4 Å². The van der Waals surface area contributed by atoms with Gasteiger partial charge in [-0.1, -0.05) is 6.92 Å². The van der Waals surface area contributed by atoms with E-state index in [4.69, 9.17) is 20.4 Å². The van der Waals surface area contributed by atoms with Crippen molar-refractivity contribution in [3.05, 3.63) is 12.4 Å². The molecule has 0 saturated carbocycles. The summed E-state index contributed by atoms with van der Waals surface area (Å²) in [5, 5.41) is 0. The lowest BCUT2D eigenvalue weighted by molar-refractivity contribution is -0.139. The average molecular weight is 535 g/mol. The molecule has 0 aliphatic carbocycles. The summed E-state index contributed by atoms with van der Waals surface area (Å²) < 4.78 is 48.2. The molecule has 1 unspecified atom stereocenters. The molecule has 2 aliphatic rings. The number of nitrogens with zero attached hydrogens (tertiary/aromatic N) is 9. The number of ether oxygens (including phenoxy) is 1. The van der Waals surface area contributed by atoms with E-state index < -0.39 is 12.7 Å². The van der Waals surface area contributed by atoms with Crippen molar-refractivity contribution in [3.8, 4) is 11.4 Å². The first kappa shape index (κ1) is 25.9. The van der Waals surface area contributed by atoms with E-state index in [9.17, 15) is 18.0 Å². The van der Waals surface area contributed by atoms with Gasteiger partial charge in [0.05, 0.1) is 18.8 Å². The summed E-state index contributed by atoms with van der Waals surface area (Å²) in [6.07, 6.45) is -1.29. The van der Waals surface area contributed by atoms with E-state index in [0.29, 0.717) is 63.7 Å². The van der Waals surface area contributed by atoms with E-state index in [-0.39, 0.29) is 40.8 Å². The van der Waals surface area contributed by atoms with Gasteiger partial charge in [-0.15, -0.1) is 0 Å². The molecule has 2 fully saturated rings. The molecule has 204 valence electrons. The number of fused-ring (bicyclic) bond motifs is 1. The number of nitrogen functional groups attached to an aromatic ring is 1. The van der Waals surface area contributed by atoms with Gasteiger partial charge in [0.1, 0.15) is 6.54 Å². The van der Waals surface area contributed by atoms with Crippen molar-refractivity contribution in [2.24, 2.45) is 0 Å². The lowest BCUT2D eigenvalue weighted by Crippen LogP contribution is -2.54. The molecule has 3 aromatic rings. The number of aromatic nitrogens is 6. The molecule has 2 N–H and O–H groups in total. The highest BCUT2D eigenvalue weighted by Gasteiger charge is 2.36. The number of amides is 1. The standard InChI is InChI=1S/C23H29F3N10O2/c1-3-16(37)35-5-4-34(12-14(35)2)22-30-17-19(33-6-8-38-9-7-33)31-18(15-10-28-21(27)29-11-15)32-20(17)36(22)13-23(24,25)26/h10-11,14H,3-9,12-13H2,1-2H3,(H2,27,28,29). The number of piperazine rings is 1. The Kier molecular flexibility index (Phi) is 6.94. The van der Waals surface area contributed by atoms with E-state index in [2.05, 4.69) is 15.0 Å². The second-order valence-electron chi connectivity index (χ2n) is 9.32. The van der Waals surface area contributed by atoms with Crippen molar-refractivity contribution < 1.29 is 22.7 Å². The van der Waals surface area contributed by atoms with Crippen LogP contribution in [-0.2, 0) is 16.1 Å². The number of alkyl halides is 3. The van der Waals surface area contributed by atoms with Crippen molar-refractivity contribution in [3.63, 3.8) is 0 Å². The van der Waals surface area contributed by atoms with Gasteiger partial charge >= 0.3 is 6.18 Å². The summed E-state index contributed by atoms with van der Waals surface area (Å²) in [4.78, 5) is 39.7. The minimum atomic E-state index is -4.53. The van der Waals surface area contributed by atoms with E-state index in [1.165, 1.54) is 12.4 Å². The Morgan fingerprint density at radius 2 is 1.79 bits per heavy atom. The number of rotatable bonds is 5. The van der Waals surface area contributed by atoms with Gasteiger partial charge in [-0.3, -0.25) is 9.36 Å². The molecule has 3 aromatic heterocycles. The van der Waals surface area contributed by atoms with Crippen LogP contribution in [0.4, 0.5) is 30.9 Å². The van der Waals surface area contributed by atoms with Crippen LogP contribution in [0, 0.1) is 0 Å². The van der Waals surface area contributed by atoms with E-state index in [0.717, 1.165) is 4.57 Å². The topological polar surface area (TPSA) is 131 Å². The second-order valence-corrected chi connectivity index (χ2v) is 9.32. The number of carbonyl (C=O) groups excluding carboxylic acids is 1. The molecule has 12 nitrogen and oxygen atoms in total. The number of carbonyl (C=O) groups is 1. The van der Waals surface area contributed by atoms with Crippen LogP contribution in [0.2, 0.25) is 0 Å². The largest absolute Gasteiger partial charge is 0.406 e. The van der Waals surface area contributed by atoms with Crippen molar-refractivity contribution in [2.75, 3.05) is 61.5 Å². The highest BCUT2D eigenvalue weighted by atomic mass is 19.4. The fourth-order valence-corrected chi connectivity index (χ4v) is 4.83. The fraction of sp³-hybridized carbons (Fsp3) is 0.565. The Hall–Kier alpha value is -3.75. The maximum absolute atomic E-state index is 13.9. The molecule has 2 saturated heterocycles. The van der Waals surface area contributed by atoms with Crippen LogP contribution < -0.4 is 15.5 Å². The molecule has 38 heavy (non-hydrogen) atoms. The molecule has 0 spiro atoms. The van der Waals surface area contributed by atoms with Gasteiger partial charge < -0.3 is 25.2 Å². The highest BCUT2D eigenvalue weighted by molar-refractivity contribution is 5.88. The zero-order valence-corrected chi connectivity index (χ0v) is 21.1. The van der Waals surface area contributed by atoms with E-state index >= 15 is 0 Å². The third-order valence-corrected chi connectivity index (χ3v) is 6.67. The number of imidazole rings is 1. The third kappa shape index (κ3) is 5.14. The Bertz CT molecular complexity index is 1310. The first-order valence-electron chi connectivity index (χ1n) is 12.4. The molecule has 1 atom stereocenters. The van der Waals surface area contributed by atoms with Gasteiger partial charge in [0.2, 0.25) is 17.8 Å². The fourth-order valence-electron chi connectivity index (χ4n) is 4.83. The normalized spacial score (nSPS) is 18.9. The molecule has 2 aliphatic heterocycles. The van der Waals surface area contributed by atoms with Crippen LogP contribution in [-0.4, -0.2) is 98.4 Å². The van der Waals surface area contributed by atoms with Crippen LogP contribution in [0.1, 0.15) is 20.3 Å². The van der Waals surface area contributed by atoms with E-state index in [1.807, 2.05) is 11.8 Å². The molecular formula is C23H29F3N10O2. The summed E-state index contributed by atoms with van der Waals surface area (Å²) in [5.74, 6) is 0.794. The first-order chi connectivity index (χ1) is 18.1. The first-order valence-corrected chi connectivity index (χ1v) is 12.4. The Labute approximate surface area is 216 Å². The summed E-state index contributed by atoms with van der Waals surface area (Å²) in [6.45, 7) is 5.37. The van der Waals surface area contributed by atoms with Crippen LogP contribution in [0.3, 0.4) is 0 Å². The zero-order chi connectivity index (χ0) is 27.0.